The maximum Gasteiger partial charge on any atom is 0.162 e. The highest BCUT2D eigenvalue weighted by Crippen LogP contribution is 2.25. The zero-order chi connectivity index (χ0) is 12.3. The Bertz CT molecular complexity index is 466. The van der Waals surface area contributed by atoms with Crippen molar-refractivity contribution in [2.75, 3.05) is 0 Å². The van der Waals surface area contributed by atoms with E-state index in [-0.39, 0.29) is 11.6 Å². The normalized spacial score (nSPS) is 15.6. The van der Waals surface area contributed by atoms with E-state index >= 15 is 0 Å². The minimum absolute atomic E-state index is 0.158. The summed E-state index contributed by atoms with van der Waals surface area (Å²) in [4.78, 5) is 22.8. The van der Waals surface area contributed by atoms with Crippen molar-refractivity contribution < 1.29 is 9.59 Å². The van der Waals surface area contributed by atoms with Crippen molar-refractivity contribution in [2.45, 2.75) is 32.6 Å². The minimum Gasteiger partial charge on any atom is -0.295 e. The summed E-state index contributed by atoms with van der Waals surface area (Å²) >= 11 is 0. The molecule has 0 fully saturated rings. The molecule has 1 aromatic carbocycles. The number of allylic oxidation sites excluding steroid dienone is 2. The predicted molar refractivity (Wildman–Crippen MR) is 67.9 cm³/mol. The van der Waals surface area contributed by atoms with Crippen LogP contribution in [0.4, 0.5) is 0 Å². The predicted octanol–water partition coefficient (Wildman–Crippen LogP) is 3.42. The van der Waals surface area contributed by atoms with Crippen LogP contribution in [0.3, 0.4) is 0 Å². The average molecular weight is 228 g/mol. The number of hydrogen-bond donors (Lipinski definition) is 0. The van der Waals surface area contributed by atoms with Gasteiger partial charge in [0.15, 0.2) is 11.6 Å². The molecule has 88 valence electrons. The van der Waals surface area contributed by atoms with Crippen LogP contribution in [0.25, 0.3) is 5.57 Å². The molecule has 0 spiro atoms. The molecule has 0 saturated carbocycles. The first-order chi connectivity index (χ1) is 8.20. The van der Waals surface area contributed by atoms with Crippen molar-refractivity contribution >= 4 is 17.1 Å². The van der Waals surface area contributed by atoms with Crippen LogP contribution in [0.5, 0.6) is 0 Å². The molecule has 2 rings (SSSR count). The highest BCUT2D eigenvalue weighted by atomic mass is 16.1. The zero-order valence-electron chi connectivity index (χ0n) is 10.0. The topological polar surface area (TPSA) is 34.1 Å². The Morgan fingerprint density at radius 1 is 1.18 bits per heavy atom. The van der Waals surface area contributed by atoms with Crippen molar-refractivity contribution in [3.8, 4) is 0 Å². The molecule has 1 aromatic rings. The van der Waals surface area contributed by atoms with Gasteiger partial charge in [-0.25, -0.2) is 0 Å². The fourth-order valence-corrected chi connectivity index (χ4v) is 2.09. The molecular weight excluding hydrogens is 212 g/mol. The smallest absolute Gasteiger partial charge is 0.162 e. The number of hydrogen-bond acceptors (Lipinski definition) is 2. The monoisotopic (exact) mass is 228 g/mol. The van der Waals surface area contributed by atoms with Gasteiger partial charge in [0.05, 0.1) is 0 Å². The largest absolute Gasteiger partial charge is 0.295 e. The maximum atomic E-state index is 11.5. The van der Waals surface area contributed by atoms with Gasteiger partial charge in [-0.1, -0.05) is 31.2 Å². The van der Waals surface area contributed by atoms with Crippen LogP contribution in [-0.2, 0) is 4.79 Å². The second-order valence-electron chi connectivity index (χ2n) is 4.34. The van der Waals surface area contributed by atoms with Crippen LogP contribution in [0.1, 0.15) is 48.5 Å². The number of benzene rings is 1. The van der Waals surface area contributed by atoms with E-state index in [1.807, 2.05) is 31.2 Å². The van der Waals surface area contributed by atoms with Crippen molar-refractivity contribution in [3.05, 3.63) is 41.5 Å². The third-order valence-corrected chi connectivity index (χ3v) is 3.10. The quantitative estimate of drug-likeness (QED) is 0.743. The van der Waals surface area contributed by atoms with Gasteiger partial charge in [0, 0.05) is 18.4 Å². The van der Waals surface area contributed by atoms with Crippen LogP contribution in [-0.4, -0.2) is 11.6 Å². The van der Waals surface area contributed by atoms with Crippen molar-refractivity contribution in [1.82, 2.24) is 0 Å². The summed E-state index contributed by atoms with van der Waals surface area (Å²) in [6, 6.07) is 7.57. The summed E-state index contributed by atoms with van der Waals surface area (Å²) in [5.41, 5.74) is 2.90. The molecule has 2 nitrogen and oxygen atoms in total. The Kier molecular flexibility index (Phi) is 3.52. The third-order valence-electron chi connectivity index (χ3n) is 3.10. The molecule has 1 aliphatic rings. The Morgan fingerprint density at radius 3 is 2.47 bits per heavy atom. The second-order valence-corrected chi connectivity index (χ2v) is 4.34. The van der Waals surface area contributed by atoms with Gasteiger partial charge in [-0.2, -0.15) is 0 Å². The lowest BCUT2D eigenvalue weighted by Gasteiger charge is -2.12. The van der Waals surface area contributed by atoms with E-state index < -0.39 is 0 Å². The van der Waals surface area contributed by atoms with Crippen LogP contribution in [0, 0.1) is 0 Å². The number of carbonyl (C=O) groups is 2. The van der Waals surface area contributed by atoms with Crippen molar-refractivity contribution in [1.29, 1.82) is 0 Å². The molecule has 0 atom stereocenters. The Morgan fingerprint density at radius 2 is 1.88 bits per heavy atom. The standard InChI is InChI=1S/C15H16O2/c1-2-15(17)12-8-6-11(7-9-12)13-4-3-5-14(16)10-13/h6-10H,2-5H2,1H3. The van der Waals surface area contributed by atoms with E-state index in [1.54, 1.807) is 6.08 Å². The third kappa shape index (κ3) is 2.70. The van der Waals surface area contributed by atoms with Crippen molar-refractivity contribution in [2.24, 2.45) is 0 Å². The molecule has 0 radical (unpaired) electrons. The lowest BCUT2D eigenvalue weighted by Crippen LogP contribution is -2.02. The Hall–Kier alpha value is -1.70. The number of Topliss-reactive ketones (excluding diaryl/α,β-unsaturated/α-hetero) is 1. The number of carbonyl (C=O) groups excluding carboxylic acids is 2. The van der Waals surface area contributed by atoms with Gasteiger partial charge in [-0.3, -0.25) is 9.59 Å². The SMILES string of the molecule is CCC(=O)c1ccc(C2=CC(=O)CCC2)cc1. The van der Waals surface area contributed by atoms with E-state index in [1.165, 1.54) is 0 Å². The van der Waals surface area contributed by atoms with Gasteiger partial charge >= 0.3 is 0 Å². The second kappa shape index (κ2) is 5.09. The van der Waals surface area contributed by atoms with Gasteiger partial charge in [0.25, 0.3) is 0 Å². The fourth-order valence-electron chi connectivity index (χ4n) is 2.09. The molecular formula is C15H16O2. The average Bonchev–Trinajstić information content (AvgIpc) is 2.38. The van der Waals surface area contributed by atoms with Crippen LogP contribution >= 0.6 is 0 Å². The Balaban J connectivity index is 2.23. The van der Waals surface area contributed by atoms with Gasteiger partial charge in [-0.15, -0.1) is 0 Å². The van der Waals surface area contributed by atoms with Gasteiger partial charge in [0.1, 0.15) is 0 Å². The van der Waals surface area contributed by atoms with E-state index in [2.05, 4.69) is 0 Å². The zero-order valence-corrected chi connectivity index (χ0v) is 10.0. The van der Waals surface area contributed by atoms with Crippen molar-refractivity contribution in [3.63, 3.8) is 0 Å². The van der Waals surface area contributed by atoms with Crippen LogP contribution < -0.4 is 0 Å². The molecule has 0 bridgehead atoms. The Labute approximate surface area is 101 Å². The summed E-state index contributed by atoms with van der Waals surface area (Å²) < 4.78 is 0. The highest BCUT2D eigenvalue weighted by Gasteiger charge is 2.11. The van der Waals surface area contributed by atoms with E-state index in [0.717, 1.165) is 29.5 Å². The molecule has 0 N–H and O–H groups in total. The van der Waals surface area contributed by atoms with Gasteiger partial charge in [-0.05, 0) is 30.1 Å². The fraction of sp³-hybridized carbons (Fsp3) is 0.333. The minimum atomic E-state index is 0.158. The van der Waals surface area contributed by atoms with Crippen LogP contribution in [0.2, 0.25) is 0 Å². The lowest BCUT2D eigenvalue weighted by molar-refractivity contribution is -0.114. The number of rotatable bonds is 3. The molecule has 0 saturated heterocycles. The summed E-state index contributed by atoms with van der Waals surface area (Å²) in [5.74, 6) is 0.366. The molecule has 0 unspecified atom stereocenters. The molecule has 1 aliphatic carbocycles. The molecule has 17 heavy (non-hydrogen) atoms. The molecule has 0 amide bonds. The lowest BCUT2D eigenvalue weighted by atomic mass is 9.92. The van der Waals surface area contributed by atoms with Gasteiger partial charge < -0.3 is 0 Å². The summed E-state index contributed by atoms with van der Waals surface area (Å²) in [5, 5.41) is 0. The summed E-state index contributed by atoms with van der Waals surface area (Å²) in [6.07, 6.45) is 4.81. The van der Waals surface area contributed by atoms with E-state index in [4.69, 9.17) is 0 Å². The van der Waals surface area contributed by atoms with E-state index in [0.29, 0.717) is 12.8 Å². The molecule has 0 heterocycles. The van der Waals surface area contributed by atoms with Crippen LogP contribution in [0.15, 0.2) is 30.3 Å². The summed E-state index contributed by atoms with van der Waals surface area (Å²) in [6.45, 7) is 1.86. The first-order valence-corrected chi connectivity index (χ1v) is 6.07. The van der Waals surface area contributed by atoms with E-state index in [9.17, 15) is 9.59 Å². The molecule has 0 aromatic heterocycles. The number of ketones is 2. The first kappa shape index (κ1) is 11.8. The maximum absolute atomic E-state index is 11.5. The highest BCUT2D eigenvalue weighted by molar-refractivity contribution is 5.99. The summed E-state index contributed by atoms with van der Waals surface area (Å²) in [7, 11) is 0. The van der Waals surface area contributed by atoms with Gasteiger partial charge in [0.2, 0.25) is 0 Å². The molecule has 2 heteroatoms. The first-order valence-electron chi connectivity index (χ1n) is 6.07. The molecule has 0 aliphatic heterocycles.